The minimum absolute atomic E-state index is 0.237. The number of amides is 1. The molecule has 2 heterocycles. The van der Waals surface area contributed by atoms with E-state index < -0.39 is 0 Å². The van der Waals surface area contributed by atoms with E-state index >= 15 is 0 Å². The van der Waals surface area contributed by atoms with Crippen molar-refractivity contribution in [3.8, 4) is 0 Å². The van der Waals surface area contributed by atoms with Gasteiger partial charge in [0.1, 0.15) is 5.76 Å². The van der Waals surface area contributed by atoms with E-state index in [4.69, 9.17) is 9.26 Å². The average Bonchev–Trinajstić information content (AvgIpc) is 2.62. The predicted molar refractivity (Wildman–Crippen MR) is 69.8 cm³/mol. The van der Waals surface area contributed by atoms with E-state index in [1.54, 1.807) is 4.90 Å². The monoisotopic (exact) mass is 267 g/mol. The number of aromatic nitrogens is 1. The van der Waals surface area contributed by atoms with Crippen LogP contribution in [0.2, 0.25) is 0 Å². The summed E-state index contributed by atoms with van der Waals surface area (Å²) in [6.45, 7) is 8.01. The highest BCUT2D eigenvalue weighted by Crippen LogP contribution is 2.16. The molecule has 0 saturated carbocycles. The van der Waals surface area contributed by atoms with Crippen LogP contribution in [0.25, 0.3) is 0 Å². The first kappa shape index (κ1) is 13.9. The normalized spacial score (nSPS) is 17.3. The third kappa shape index (κ3) is 3.26. The molecule has 0 bridgehead atoms. The first-order chi connectivity index (χ1) is 9.11. The van der Waals surface area contributed by atoms with Crippen LogP contribution in [0.1, 0.15) is 23.4 Å². The van der Waals surface area contributed by atoms with Gasteiger partial charge in [0.15, 0.2) is 0 Å². The van der Waals surface area contributed by atoms with Gasteiger partial charge in [0.25, 0.3) is 0 Å². The molecule has 0 unspecified atom stereocenters. The Morgan fingerprint density at radius 2 is 2.11 bits per heavy atom. The number of methoxy groups -OCH3 is 1. The van der Waals surface area contributed by atoms with Crippen LogP contribution >= 0.6 is 0 Å². The van der Waals surface area contributed by atoms with E-state index in [2.05, 4.69) is 10.1 Å². The molecule has 106 valence electrons. The highest BCUT2D eigenvalue weighted by atomic mass is 16.5. The molecule has 1 aromatic heterocycles. The van der Waals surface area contributed by atoms with Crippen molar-refractivity contribution in [1.29, 1.82) is 0 Å². The van der Waals surface area contributed by atoms with Crippen molar-refractivity contribution in [2.24, 2.45) is 0 Å². The van der Waals surface area contributed by atoms with Gasteiger partial charge in [0, 0.05) is 38.3 Å². The highest BCUT2D eigenvalue weighted by Gasteiger charge is 2.21. The van der Waals surface area contributed by atoms with Crippen LogP contribution in [-0.2, 0) is 11.3 Å². The lowest BCUT2D eigenvalue weighted by Gasteiger charge is -2.20. The molecule has 6 heteroatoms. The van der Waals surface area contributed by atoms with E-state index in [-0.39, 0.29) is 6.09 Å². The van der Waals surface area contributed by atoms with Gasteiger partial charge in [-0.25, -0.2) is 4.79 Å². The molecule has 0 N–H and O–H groups in total. The number of aryl methyl sites for hydroxylation is 2. The van der Waals surface area contributed by atoms with E-state index in [1.807, 2.05) is 13.8 Å². The second-order valence-corrected chi connectivity index (χ2v) is 4.89. The molecule has 1 fully saturated rings. The molecule has 1 saturated heterocycles. The lowest BCUT2D eigenvalue weighted by Crippen LogP contribution is -2.35. The van der Waals surface area contributed by atoms with Gasteiger partial charge in [0.05, 0.1) is 12.8 Å². The number of carbonyl (C=O) groups excluding carboxylic acids is 1. The van der Waals surface area contributed by atoms with Gasteiger partial charge in [-0.3, -0.25) is 4.90 Å². The predicted octanol–water partition coefficient (Wildman–Crippen LogP) is 1.57. The molecule has 1 aliphatic rings. The number of hydrogen-bond donors (Lipinski definition) is 0. The number of hydrogen-bond acceptors (Lipinski definition) is 5. The zero-order chi connectivity index (χ0) is 13.8. The topological polar surface area (TPSA) is 58.8 Å². The summed E-state index contributed by atoms with van der Waals surface area (Å²) in [5.74, 6) is 0.881. The third-order valence-corrected chi connectivity index (χ3v) is 3.58. The van der Waals surface area contributed by atoms with Crippen LogP contribution < -0.4 is 0 Å². The fourth-order valence-electron chi connectivity index (χ4n) is 2.39. The summed E-state index contributed by atoms with van der Waals surface area (Å²) in [4.78, 5) is 15.6. The third-order valence-electron chi connectivity index (χ3n) is 3.58. The molecule has 1 amide bonds. The van der Waals surface area contributed by atoms with Crippen LogP contribution in [0.4, 0.5) is 4.79 Å². The van der Waals surface area contributed by atoms with Gasteiger partial charge in [-0.2, -0.15) is 0 Å². The summed E-state index contributed by atoms with van der Waals surface area (Å²) in [7, 11) is 1.43. The van der Waals surface area contributed by atoms with Crippen molar-refractivity contribution in [3.05, 3.63) is 17.0 Å². The summed E-state index contributed by atoms with van der Waals surface area (Å²) in [5, 5.41) is 3.98. The van der Waals surface area contributed by atoms with Gasteiger partial charge in [-0.05, 0) is 20.3 Å². The zero-order valence-corrected chi connectivity index (χ0v) is 11.8. The van der Waals surface area contributed by atoms with Crippen molar-refractivity contribution in [2.75, 3.05) is 33.3 Å². The maximum absolute atomic E-state index is 11.5. The summed E-state index contributed by atoms with van der Waals surface area (Å²) in [5.41, 5.74) is 2.11. The summed E-state index contributed by atoms with van der Waals surface area (Å²) in [6, 6.07) is 0. The maximum Gasteiger partial charge on any atom is 0.409 e. The second kappa shape index (κ2) is 6.06. The molecule has 0 spiro atoms. The first-order valence-corrected chi connectivity index (χ1v) is 6.59. The Bertz CT molecular complexity index is 425. The molecule has 0 atom stereocenters. The van der Waals surface area contributed by atoms with Crippen LogP contribution in [0.3, 0.4) is 0 Å². The molecule has 0 aromatic carbocycles. The minimum Gasteiger partial charge on any atom is -0.453 e. The molecule has 19 heavy (non-hydrogen) atoms. The smallest absolute Gasteiger partial charge is 0.409 e. The van der Waals surface area contributed by atoms with Crippen LogP contribution in [0.15, 0.2) is 4.52 Å². The Morgan fingerprint density at radius 3 is 2.74 bits per heavy atom. The van der Waals surface area contributed by atoms with Crippen LogP contribution in [-0.4, -0.2) is 54.3 Å². The zero-order valence-electron chi connectivity index (χ0n) is 11.8. The van der Waals surface area contributed by atoms with Gasteiger partial charge in [0.2, 0.25) is 0 Å². The molecular weight excluding hydrogens is 246 g/mol. The fraction of sp³-hybridized carbons (Fsp3) is 0.692. The molecule has 6 nitrogen and oxygen atoms in total. The van der Waals surface area contributed by atoms with Gasteiger partial charge >= 0.3 is 6.09 Å². The molecule has 1 aromatic rings. The van der Waals surface area contributed by atoms with E-state index in [9.17, 15) is 4.79 Å². The Hall–Kier alpha value is -1.56. The fourth-order valence-corrected chi connectivity index (χ4v) is 2.39. The SMILES string of the molecule is COC(=O)N1CCCN(Cc2c(C)noc2C)CC1. The maximum atomic E-state index is 11.5. The number of ether oxygens (including phenoxy) is 1. The molecule has 2 rings (SSSR count). The Kier molecular flexibility index (Phi) is 4.42. The molecule has 0 aliphatic carbocycles. The lowest BCUT2D eigenvalue weighted by atomic mass is 10.2. The van der Waals surface area contributed by atoms with Crippen molar-refractivity contribution in [2.45, 2.75) is 26.8 Å². The van der Waals surface area contributed by atoms with Crippen molar-refractivity contribution in [1.82, 2.24) is 15.0 Å². The van der Waals surface area contributed by atoms with Gasteiger partial charge < -0.3 is 14.2 Å². The summed E-state index contributed by atoms with van der Waals surface area (Å²) < 4.78 is 9.95. The first-order valence-electron chi connectivity index (χ1n) is 6.59. The average molecular weight is 267 g/mol. The highest BCUT2D eigenvalue weighted by molar-refractivity contribution is 5.67. The summed E-state index contributed by atoms with van der Waals surface area (Å²) >= 11 is 0. The van der Waals surface area contributed by atoms with Crippen molar-refractivity contribution in [3.63, 3.8) is 0 Å². The van der Waals surface area contributed by atoms with Crippen LogP contribution in [0, 0.1) is 13.8 Å². The molecular formula is C13H21N3O3. The number of carbonyl (C=O) groups is 1. The Labute approximate surface area is 113 Å². The van der Waals surface area contributed by atoms with E-state index in [0.717, 1.165) is 49.6 Å². The van der Waals surface area contributed by atoms with E-state index in [0.29, 0.717) is 6.54 Å². The minimum atomic E-state index is -0.237. The molecule has 0 radical (unpaired) electrons. The van der Waals surface area contributed by atoms with Gasteiger partial charge in [-0.1, -0.05) is 5.16 Å². The molecule has 1 aliphatic heterocycles. The quantitative estimate of drug-likeness (QED) is 0.814. The van der Waals surface area contributed by atoms with Crippen molar-refractivity contribution >= 4 is 6.09 Å². The van der Waals surface area contributed by atoms with Crippen LogP contribution in [0.5, 0.6) is 0 Å². The Balaban J connectivity index is 1.95. The standard InChI is InChI=1S/C13H21N3O3/c1-10-12(11(2)19-14-10)9-15-5-4-6-16(8-7-15)13(17)18-3/h4-9H2,1-3H3. The van der Waals surface area contributed by atoms with Crippen molar-refractivity contribution < 1.29 is 14.1 Å². The second-order valence-electron chi connectivity index (χ2n) is 4.89. The van der Waals surface area contributed by atoms with Gasteiger partial charge in [-0.15, -0.1) is 0 Å². The number of nitrogens with zero attached hydrogens (tertiary/aromatic N) is 3. The summed E-state index contributed by atoms with van der Waals surface area (Å²) in [6.07, 6.45) is 0.720. The largest absolute Gasteiger partial charge is 0.453 e. The Morgan fingerprint density at radius 1 is 1.32 bits per heavy atom. The number of rotatable bonds is 2. The van der Waals surface area contributed by atoms with E-state index in [1.165, 1.54) is 7.11 Å². The lowest BCUT2D eigenvalue weighted by molar-refractivity contribution is 0.124.